The number of esters is 1. The summed E-state index contributed by atoms with van der Waals surface area (Å²) in [5, 5.41) is 3.16. The largest absolute Gasteiger partial charge is 0.513 e. The Hall–Kier alpha value is -1.28. The Morgan fingerprint density at radius 1 is 1.11 bits per heavy atom. The molecule has 2 aromatic carbocycles. The summed E-state index contributed by atoms with van der Waals surface area (Å²) in [6.45, 7) is 5.00. The number of hydrogen-bond acceptors (Lipinski definition) is 5. The van der Waals surface area contributed by atoms with E-state index in [9.17, 15) is 9.36 Å². The molecule has 9 heteroatoms. The van der Waals surface area contributed by atoms with Gasteiger partial charge in [-0.25, -0.2) is 4.57 Å². The standard InChI is InChI=1S/C18H20ClINO5P/c1-12(2)24-18(22)13(3)21-27(23,25-15-7-5-4-6-8-15)26-17-10-9-14(19)11-16(17)20/h4-13H,1-3H3,(H,21,23)/t13-,27?/m0/s1. The highest BCUT2D eigenvalue weighted by molar-refractivity contribution is 14.1. The molecular weight excluding hydrogens is 504 g/mol. The minimum absolute atomic E-state index is 0.297. The number of carbonyl (C=O) groups is 1. The van der Waals surface area contributed by atoms with Crippen LogP contribution in [0.5, 0.6) is 11.5 Å². The highest BCUT2D eigenvalue weighted by Gasteiger charge is 2.34. The lowest BCUT2D eigenvalue weighted by atomic mass is 10.3. The summed E-state index contributed by atoms with van der Waals surface area (Å²) >= 11 is 7.97. The summed E-state index contributed by atoms with van der Waals surface area (Å²) in [5.74, 6) is 0.0919. The van der Waals surface area contributed by atoms with Gasteiger partial charge in [-0.3, -0.25) is 4.79 Å². The molecule has 1 unspecified atom stereocenters. The van der Waals surface area contributed by atoms with Gasteiger partial charge in [0.1, 0.15) is 17.5 Å². The molecule has 1 N–H and O–H groups in total. The van der Waals surface area contributed by atoms with Gasteiger partial charge < -0.3 is 13.8 Å². The molecular formula is C18H20ClINO5P. The number of hydrogen-bond donors (Lipinski definition) is 1. The van der Waals surface area contributed by atoms with Gasteiger partial charge >= 0.3 is 13.7 Å². The van der Waals surface area contributed by atoms with Gasteiger partial charge in [0, 0.05) is 5.02 Å². The number of para-hydroxylation sites is 1. The Kier molecular flexibility index (Phi) is 7.97. The zero-order valence-corrected chi connectivity index (χ0v) is 18.8. The maximum atomic E-state index is 13.4. The van der Waals surface area contributed by atoms with Crippen molar-refractivity contribution in [1.82, 2.24) is 5.09 Å². The maximum absolute atomic E-state index is 13.4. The number of carbonyl (C=O) groups excluding carboxylic acids is 1. The average molecular weight is 524 g/mol. The van der Waals surface area contributed by atoms with E-state index in [2.05, 4.69) is 5.09 Å². The molecule has 146 valence electrons. The van der Waals surface area contributed by atoms with Gasteiger partial charge in [-0.1, -0.05) is 29.8 Å². The number of benzene rings is 2. The van der Waals surface area contributed by atoms with Crippen LogP contribution in [0.4, 0.5) is 0 Å². The highest BCUT2D eigenvalue weighted by Crippen LogP contribution is 2.46. The van der Waals surface area contributed by atoms with Crippen molar-refractivity contribution >= 4 is 47.9 Å². The first-order valence-corrected chi connectivity index (χ1v) is 11.2. The quantitative estimate of drug-likeness (QED) is 0.282. The van der Waals surface area contributed by atoms with E-state index in [-0.39, 0.29) is 6.10 Å². The molecule has 0 aliphatic rings. The van der Waals surface area contributed by atoms with Crippen LogP contribution in [0, 0.1) is 3.57 Å². The molecule has 0 aliphatic heterocycles. The van der Waals surface area contributed by atoms with Crippen LogP contribution < -0.4 is 14.1 Å². The zero-order valence-electron chi connectivity index (χ0n) is 15.0. The Morgan fingerprint density at radius 2 is 1.78 bits per heavy atom. The lowest BCUT2D eigenvalue weighted by Gasteiger charge is -2.24. The number of rotatable bonds is 8. The fourth-order valence-electron chi connectivity index (χ4n) is 1.99. The van der Waals surface area contributed by atoms with E-state index in [0.717, 1.165) is 0 Å². The molecule has 0 heterocycles. The lowest BCUT2D eigenvalue weighted by Crippen LogP contribution is -2.36. The summed E-state index contributed by atoms with van der Waals surface area (Å²) in [6, 6.07) is 12.5. The van der Waals surface area contributed by atoms with Crippen molar-refractivity contribution in [3.05, 3.63) is 57.1 Å². The Balaban J connectivity index is 2.27. The molecule has 2 atom stereocenters. The van der Waals surface area contributed by atoms with E-state index in [1.54, 1.807) is 62.4 Å². The van der Waals surface area contributed by atoms with Gasteiger partial charge in [0.2, 0.25) is 0 Å². The molecule has 0 bridgehead atoms. The van der Waals surface area contributed by atoms with Gasteiger partial charge in [-0.2, -0.15) is 5.09 Å². The molecule has 0 saturated carbocycles. The van der Waals surface area contributed by atoms with Crippen LogP contribution in [0.15, 0.2) is 48.5 Å². The number of nitrogens with one attached hydrogen (secondary N) is 1. The monoisotopic (exact) mass is 523 g/mol. The van der Waals surface area contributed by atoms with E-state index in [1.807, 2.05) is 22.6 Å². The first-order chi connectivity index (χ1) is 12.7. The summed E-state index contributed by atoms with van der Waals surface area (Å²) in [6.07, 6.45) is -0.297. The SMILES string of the molecule is CC(C)OC(=O)[C@H](C)NP(=O)(Oc1ccccc1)Oc1ccc(Cl)cc1I. The van der Waals surface area contributed by atoms with E-state index in [4.69, 9.17) is 25.4 Å². The first-order valence-electron chi connectivity index (χ1n) is 8.16. The van der Waals surface area contributed by atoms with Crippen molar-refractivity contribution in [1.29, 1.82) is 0 Å². The van der Waals surface area contributed by atoms with Crippen molar-refractivity contribution in [3.63, 3.8) is 0 Å². The second-order valence-corrected chi connectivity index (χ2v) is 9.12. The van der Waals surface area contributed by atoms with Crippen molar-refractivity contribution in [2.45, 2.75) is 32.9 Å². The Morgan fingerprint density at radius 3 is 2.37 bits per heavy atom. The van der Waals surface area contributed by atoms with Crippen LogP contribution in [0.3, 0.4) is 0 Å². The van der Waals surface area contributed by atoms with Crippen LogP contribution in [0.25, 0.3) is 0 Å². The molecule has 0 radical (unpaired) electrons. The molecule has 6 nitrogen and oxygen atoms in total. The predicted octanol–water partition coefficient (Wildman–Crippen LogP) is 5.44. The van der Waals surface area contributed by atoms with Crippen LogP contribution in [0.2, 0.25) is 5.02 Å². The minimum atomic E-state index is -3.96. The molecule has 2 aromatic rings. The summed E-state index contributed by atoms with van der Waals surface area (Å²) in [4.78, 5) is 12.1. The van der Waals surface area contributed by atoms with Crippen molar-refractivity contribution in [2.75, 3.05) is 0 Å². The molecule has 2 rings (SSSR count). The summed E-state index contributed by atoms with van der Waals surface area (Å²) < 4.78 is 30.4. The van der Waals surface area contributed by atoms with Crippen molar-refractivity contribution in [3.8, 4) is 11.5 Å². The zero-order chi connectivity index (χ0) is 20.0. The van der Waals surface area contributed by atoms with Gasteiger partial charge in [0.25, 0.3) is 0 Å². The first kappa shape index (κ1) is 22.0. The number of halogens is 2. The summed E-state index contributed by atoms with van der Waals surface area (Å²) in [5.41, 5.74) is 0. The van der Waals surface area contributed by atoms with Crippen LogP contribution >= 0.6 is 41.9 Å². The molecule has 0 aromatic heterocycles. The maximum Gasteiger partial charge on any atom is 0.513 e. The third-order valence-corrected chi connectivity index (χ3v) is 5.81. The molecule has 27 heavy (non-hydrogen) atoms. The molecule has 0 amide bonds. The second kappa shape index (κ2) is 9.78. The fourth-order valence-corrected chi connectivity index (χ4v) is 4.69. The minimum Gasteiger partial charge on any atom is -0.462 e. The third kappa shape index (κ3) is 6.99. The Labute approximate surface area is 177 Å². The van der Waals surface area contributed by atoms with E-state index in [1.165, 1.54) is 6.92 Å². The van der Waals surface area contributed by atoms with E-state index >= 15 is 0 Å². The van der Waals surface area contributed by atoms with Crippen LogP contribution in [0.1, 0.15) is 20.8 Å². The topological polar surface area (TPSA) is 73.9 Å². The average Bonchev–Trinajstić information content (AvgIpc) is 2.57. The van der Waals surface area contributed by atoms with Gasteiger partial charge in [-0.05, 0) is 73.7 Å². The van der Waals surface area contributed by atoms with Crippen molar-refractivity contribution in [2.24, 2.45) is 0 Å². The van der Waals surface area contributed by atoms with E-state index in [0.29, 0.717) is 20.1 Å². The van der Waals surface area contributed by atoms with Gasteiger partial charge in [-0.15, -0.1) is 0 Å². The van der Waals surface area contributed by atoms with Gasteiger partial charge in [0.15, 0.2) is 0 Å². The molecule has 0 saturated heterocycles. The van der Waals surface area contributed by atoms with E-state index < -0.39 is 19.8 Å². The molecule has 0 aliphatic carbocycles. The molecule has 0 spiro atoms. The highest BCUT2D eigenvalue weighted by atomic mass is 127. The van der Waals surface area contributed by atoms with Crippen molar-refractivity contribution < 1.29 is 23.1 Å². The normalized spacial score (nSPS) is 14.3. The predicted molar refractivity (Wildman–Crippen MR) is 113 cm³/mol. The van der Waals surface area contributed by atoms with Crippen LogP contribution in [-0.4, -0.2) is 18.1 Å². The smallest absolute Gasteiger partial charge is 0.462 e. The second-order valence-electron chi connectivity index (χ2n) is 5.90. The molecule has 0 fully saturated rings. The fraction of sp³-hybridized carbons (Fsp3) is 0.278. The third-order valence-electron chi connectivity index (χ3n) is 3.14. The lowest BCUT2D eigenvalue weighted by molar-refractivity contribution is -0.149. The Bertz CT molecular complexity index is 834. The number of ether oxygens (including phenoxy) is 1. The van der Waals surface area contributed by atoms with Crippen LogP contribution in [-0.2, 0) is 14.1 Å². The van der Waals surface area contributed by atoms with Gasteiger partial charge in [0.05, 0.1) is 9.67 Å². The summed E-state index contributed by atoms with van der Waals surface area (Å²) in [7, 11) is -3.96.